The van der Waals surface area contributed by atoms with Crippen LogP contribution in [0.1, 0.15) is 37.3 Å². The number of nitrogens with two attached hydrogens (primary N) is 5. The lowest BCUT2D eigenvalue weighted by Gasteiger charge is -2.53. The van der Waals surface area contributed by atoms with Gasteiger partial charge in [-0.25, -0.2) is 0 Å². The number of nitrogens with zero attached hydrogens (tertiary/aromatic N) is 1. The fraction of sp³-hybridized carbons (Fsp3) is 0.682. The van der Waals surface area contributed by atoms with Crippen molar-refractivity contribution in [1.82, 2.24) is 10.2 Å². The van der Waals surface area contributed by atoms with Gasteiger partial charge in [-0.1, -0.05) is 12.1 Å². The summed E-state index contributed by atoms with van der Waals surface area (Å²) in [5.74, 6) is -8.74. The van der Waals surface area contributed by atoms with Gasteiger partial charge in [0, 0.05) is 30.0 Å². The van der Waals surface area contributed by atoms with E-state index in [1.807, 2.05) is 0 Å². The summed E-state index contributed by atoms with van der Waals surface area (Å²) in [5, 5.41) is 140. The van der Waals surface area contributed by atoms with Crippen LogP contribution in [0.5, 0.6) is 5.75 Å². The Kier molecular flexibility index (Phi) is 17.3. The molecule has 28 heteroatoms. The number of carbonyl (C=O) groups excluding carboxylic acids is 4. The number of nitrogens with one attached hydrogen (secondary N) is 1. The van der Waals surface area contributed by atoms with Crippen LogP contribution in [-0.4, -0.2) is 238 Å². The zero-order valence-electron chi connectivity index (χ0n) is 39.4. The number of rotatable bonds is 12. The minimum absolute atomic E-state index is 0.0101. The molecule has 0 bridgehead atoms. The van der Waals surface area contributed by atoms with E-state index in [1.165, 1.54) is 44.1 Å². The van der Waals surface area contributed by atoms with Crippen LogP contribution in [0.15, 0.2) is 35.1 Å². The average Bonchev–Trinajstić information content (AvgIpc) is 3.31. The highest BCUT2D eigenvalue weighted by Crippen LogP contribution is 2.57. The Hall–Kier alpha value is -4.38. The van der Waals surface area contributed by atoms with E-state index in [-0.39, 0.29) is 43.5 Å². The number of likely N-dealkylation sites (N-methyl/N-ethyl adjacent to an activating group) is 1. The number of Topliss-reactive ketones (excluding diaryl/α,β-unsaturated/α-hetero) is 2. The van der Waals surface area contributed by atoms with Crippen molar-refractivity contribution in [3.8, 4) is 5.75 Å². The van der Waals surface area contributed by atoms with Gasteiger partial charge in [0.15, 0.2) is 24.0 Å². The minimum atomic E-state index is -2.75. The van der Waals surface area contributed by atoms with Gasteiger partial charge in [-0.05, 0) is 58.5 Å². The number of benzene rings is 1. The van der Waals surface area contributed by atoms with E-state index in [1.54, 1.807) is 0 Å². The Bertz CT molecular complexity index is 2270. The van der Waals surface area contributed by atoms with E-state index in [0.29, 0.717) is 0 Å². The molecule has 1 aromatic rings. The van der Waals surface area contributed by atoms with Crippen molar-refractivity contribution < 1.29 is 105 Å². The molecule has 2 amide bonds. The number of hydrogen-bond acceptors (Lipinski definition) is 26. The number of ether oxygens (including phenoxy) is 4. The zero-order chi connectivity index (χ0) is 53.8. The fourth-order valence-corrected chi connectivity index (χ4v) is 10.6. The summed E-state index contributed by atoms with van der Waals surface area (Å²) in [6.07, 6.45) is -20.0. The molecule has 4 aliphatic carbocycles. The number of phenols is 1. The molecule has 6 aliphatic rings. The summed E-state index contributed by atoms with van der Waals surface area (Å²) < 4.78 is 22.5. The number of aliphatic hydroxyl groups excluding tert-OH is 10. The first-order valence-electron chi connectivity index (χ1n) is 23.0. The maximum absolute atomic E-state index is 13.7. The van der Waals surface area contributed by atoms with Crippen molar-refractivity contribution >= 4 is 29.1 Å². The number of carbonyl (C=O) groups is 4. The lowest BCUT2D eigenvalue weighted by Crippen LogP contribution is -2.69. The molecular weight excluding hydrogens is 963 g/mol. The number of ketones is 2. The van der Waals surface area contributed by atoms with Crippen molar-refractivity contribution in [3.05, 3.63) is 46.2 Å². The fourth-order valence-electron chi connectivity index (χ4n) is 10.6. The van der Waals surface area contributed by atoms with Crippen LogP contribution in [0.4, 0.5) is 0 Å². The van der Waals surface area contributed by atoms with Crippen LogP contribution in [0.25, 0.3) is 5.76 Å². The van der Waals surface area contributed by atoms with Gasteiger partial charge in [0.05, 0.1) is 35.9 Å². The number of amides is 2. The van der Waals surface area contributed by atoms with Crippen molar-refractivity contribution in [2.24, 2.45) is 40.5 Å². The predicted octanol–water partition coefficient (Wildman–Crippen LogP) is -8.80. The molecule has 1 aromatic carbocycles. The maximum Gasteiger partial charge on any atom is 0.255 e. The largest absolute Gasteiger partial charge is 0.508 e. The molecule has 28 nitrogen and oxygen atoms in total. The van der Waals surface area contributed by atoms with Gasteiger partial charge < -0.3 is 119 Å². The van der Waals surface area contributed by atoms with Crippen LogP contribution in [-0.2, 0) is 43.7 Å². The first kappa shape index (κ1) is 56.9. The molecule has 2 saturated heterocycles. The molecule has 404 valence electrons. The molecule has 2 saturated carbocycles. The van der Waals surface area contributed by atoms with Crippen molar-refractivity contribution in [1.29, 1.82) is 0 Å². The summed E-state index contributed by atoms with van der Waals surface area (Å²) in [5.41, 5.74) is 22.5. The van der Waals surface area contributed by atoms with Gasteiger partial charge >= 0.3 is 0 Å². The summed E-state index contributed by atoms with van der Waals surface area (Å²) in [6, 6.07) is -0.439. The van der Waals surface area contributed by atoms with Crippen LogP contribution < -0.4 is 34.0 Å². The van der Waals surface area contributed by atoms with Crippen molar-refractivity contribution in [2.45, 2.75) is 141 Å². The van der Waals surface area contributed by atoms with Crippen LogP contribution in [0.3, 0.4) is 0 Å². The van der Waals surface area contributed by atoms with E-state index in [9.17, 15) is 85.6 Å². The lowest BCUT2D eigenvalue weighted by atomic mass is 9.54. The van der Waals surface area contributed by atoms with Gasteiger partial charge in [0.25, 0.3) is 5.91 Å². The van der Waals surface area contributed by atoms with Crippen LogP contribution >= 0.6 is 0 Å². The van der Waals surface area contributed by atoms with E-state index in [4.69, 9.17) is 47.6 Å². The van der Waals surface area contributed by atoms with Crippen molar-refractivity contribution in [3.63, 3.8) is 0 Å². The third-order valence-corrected chi connectivity index (χ3v) is 14.5. The van der Waals surface area contributed by atoms with Gasteiger partial charge in [0.2, 0.25) is 11.7 Å². The third-order valence-electron chi connectivity index (χ3n) is 14.5. The zero-order valence-corrected chi connectivity index (χ0v) is 39.4. The second-order valence-corrected chi connectivity index (χ2v) is 19.3. The molecule has 7 rings (SSSR count). The number of aliphatic hydroxyl groups is 12. The quantitative estimate of drug-likeness (QED) is 0.0865. The Morgan fingerprint density at radius 3 is 2.07 bits per heavy atom. The number of primary amides is 1. The smallest absolute Gasteiger partial charge is 0.255 e. The number of phenolic OH excluding ortho intramolecular Hbond substituents is 1. The first-order chi connectivity index (χ1) is 33.6. The molecule has 2 aliphatic heterocycles. The molecule has 21 atom stereocenters. The topological polar surface area (TPSA) is 514 Å². The lowest BCUT2D eigenvalue weighted by molar-refractivity contribution is -0.332. The van der Waals surface area contributed by atoms with Gasteiger partial charge in [-0.2, -0.15) is 0 Å². The Morgan fingerprint density at radius 2 is 1.49 bits per heavy atom. The minimum Gasteiger partial charge on any atom is -0.508 e. The Morgan fingerprint density at radius 1 is 0.875 bits per heavy atom. The van der Waals surface area contributed by atoms with Gasteiger partial charge in [0.1, 0.15) is 90.0 Å². The summed E-state index contributed by atoms with van der Waals surface area (Å²) in [6.45, 7) is 0.504. The second kappa shape index (κ2) is 21.8. The standard InChI is InChI=1S/C22H43N5O13.C22H24N2O8/c23-2-1-8(29)20(36)27-7-3-6(25)18(39-22-16(34)15(33)13(31)9(4-24)37-22)17(35)19(7)40-21-14(32)11(26)12(30)10(5-28)38-21;1-21(31)8-5-4-6-11(25)12(8)16(26)13-9(21)7-10-15(24(2)3)17(27)14(20(23)30)19(29)22(10,32)18(13)28/h6-19,21-22,28-35H,1-5,23-26H2,(H,27,36);4-6,9-10,15,25-26,29,31-32H,7H2,1-3H3,(H2,23,30)/t6-,7+,8-,9+,10+,11-,12+,13+,14+,15-,16+,17-,18+,19-,21+,22+;9-,10-,15-,21+,22-/m00/s1. The monoisotopic (exact) mass is 1030 g/mol. The van der Waals surface area contributed by atoms with E-state index >= 15 is 0 Å². The summed E-state index contributed by atoms with van der Waals surface area (Å²) in [7, 11) is 3.01. The van der Waals surface area contributed by atoms with Crippen LogP contribution in [0, 0.1) is 11.8 Å². The molecule has 0 spiro atoms. The number of fused-ring (bicyclic) bond motifs is 3. The molecule has 24 N–H and O–H groups in total. The molecule has 72 heavy (non-hydrogen) atoms. The van der Waals surface area contributed by atoms with E-state index in [0.717, 1.165) is 0 Å². The predicted molar refractivity (Wildman–Crippen MR) is 242 cm³/mol. The molecule has 2 heterocycles. The van der Waals surface area contributed by atoms with Crippen LogP contribution in [0.2, 0.25) is 0 Å². The Labute approximate surface area is 410 Å². The highest BCUT2D eigenvalue weighted by molar-refractivity contribution is 6.24. The second-order valence-electron chi connectivity index (χ2n) is 19.3. The molecular formula is C44H67N7O21. The van der Waals surface area contributed by atoms with Crippen molar-refractivity contribution in [2.75, 3.05) is 33.8 Å². The third kappa shape index (κ3) is 9.87. The average molecular weight is 1030 g/mol. The highest BCUT2D eigenvalue weighted by Gasteiger charge is 2.66. The molecule has 0 unspecified atom stereocenters. The summed E-state index contributed by atoms with van der Waals surface area (Å²) in [4.78, 5) is 52.6. The highest BCUT2D eigenvalue weighted by atomic mass is 16.7. The molecule has 0 radical (unpaired) electrons. The Balaban J connectivity index is 0.000000241. The van der Waals surface area contributed by atoms with Gasteiger partial charge in [-0.15, -0.1) is 0 Å². The number of aromatic hydroxyl groups is 1. The molecule has 0 aromatic heterocycles. The normalized spacial score (nSPS) is 41.4. The maximum atomic E-state index is 13.7. The SMILES string of the molecule is CN(C)[C@@H]1C(=O)C(C(N)=O)=C(O)[C@@]2(O)C(=O)C3=C(O)c4c(O)cccc4[C@@](C)(O)[C@H]3C[C@@H]12.NCC[C@H](O)C(=O)N[C@@H]1C[C@H](N)[C@@H](O[C@H]2O[C@H](CN)[C@@H](O)[C@H](O)[C@H]2O)[C@H](O)[C@H]1O[C@H]1O[C@H](CO)[C@@H](O)[C@H](N)[C@H]1O. The summed E-state index contributed by atoms with van der Waals surface area (Å²) >= 11 is 0. The molecule has 4 fully saturated rings. The van der Waals surface area contributed by atoms with E-state index in [2.05, 4.69) is 5.32 Å². The van der Waals surface area contributed by atoms with E-state index < -0.39 is 185 Å². The number of hydrogen-bond donors (Lipinski definition) is 19. The first-order valence-corrected chi connectivity index (χ1v) is 23.0. The van der Waals surface area contributed by atoms with Gasteiger partial charge in [-0.3, -0.25) is 24.1 Å².